The fourth-order valence-corrected chi connectivity index (χ4v) is 5.87. The summed E-state index contributed by atoms with van der Waals surface area (Å²) in [5.41, 5.74) is 2.34. The Hall–Kier alpha value is -3.65. The van der Waals surface area contributed by atoms with Gasteiger partial charge in [-0.2, -0.15) is 0 Å². The first-order valence-electron chi connectivity index (χ1n) is 12.1. The number of thioether (sulfide) groups is 1. The quantitative estimate of drug-likeness (QED) is 0.207. The summed E-state index contributed by atoms with van der Waals surface area (Å²) >= 11 is 1.36. The first-order chi connectivity index (χ1) is 17.4. The van der Waals surface area contributed by atoms with Crippen molar-refractivity contribution in [2.24, 2.45) is 10.9 Å². The number of non-ortho nitro benzene ring substituents is 1. The number of rotatable bonds is 5. The SMILES string of the molecule is Cc1ccc([N+](=O)[O-])cc1-c1ccc(/C=C2\SC(=Nc3ccccc3)N([C@@H]3CCCC[C@@H]3C)C2=O)o1. The van der Waals surface area contributed by atoms with E-state index < -0.39 is 4.92 Å². The van der Waals surface area contributed by atoms with E-state index in [2.05, 4.69) is 6.92 Å². The number of carbonyl (C=O) groups is 1. The van der Waals surface area contributed by atoms with Gasteiger partial charge >= 0.3 is 0 Å². The van der Waals surface area contributed by atoms with Gasteiger partial charge in [-0.25, -0.2) is 4.99 Å². The highest BCUT2D eigenvalue weighted by Gasteiger charge is 2.41. The van der Waals surface area contributed by atoms with Crippen LogP contribution in [0.15, 0.2) is 75.0 Å². The molecular weight excluding hydrogens is 474 g/mol. The predicted molar refractivity (Wildman–Crippen MR) is 143 cm³/mol. The first kappa shape index (κ1) is 24.1. The molecule has 1 amide bonds. The number of nitrogens with zero attached hydrogens (tertiary/aromatic N) is 3. The predicted octanol–water partition coefficient (Wildman–Crippen LogP) is 7.35. The number of amides is 1. The molecule has 1 aliphatic carbocycles. The smallest absolute Gasteiger partial charge is 0.270 e. The van der Waals surface area contributed by atoms with Crippen LogP contribution in [0.3, 0.4) is 0 Å². The third kappa shape index (κ3) is 4.86. The molecule has 0 spiro atoms. The lowest BCUT2D eigenvalue weighted by atomic mass is 9.85. The number of amidine groups is 1. The van der Waals surface area contributed by atoms with E-state index in [0.717, 1.165) is 30.5 Å². The van der Waals surface area contributed by atoms with Crippen LogP contribution in [0.1, 0.15) is 43.9 Å². The van der Waals surface area contributed by atoms with Gasteiger partial charge in [-0.15, -0.1) is 0 Å². The summed E-state index contributed by atoms with van der Waals surface area (Å²) in [6.45, 7) is 4.09. The van der Waals surface area contributed by atoms with Crippen molar-refractivity contribution in [3.63, 3.8) is 0 Å². The van der Waals surface area contributed by atoms with E-state index in [0.29, 0.717) is 33.1 Å². The number of para-hydroxylation sites is 1. The Balaban J connectivity index is 1.48. The molecule has 0 radical (unpaired) electrons. The molecular formula is C28H27N3O4S. The maximum absolute atomic E-state index is 13.6. The molecule has 36 heavy (non-hydrogen) atoms. The van der Waals surface area contributed by atoms with Crippen molar-refractivity contribution in [3.8, 4) is 11.3 Å². The molecule has 1 aliphatic heterocycles. The summed E-state index contributed by atoms with van der Waals surface area (Å²) < 4.78 is 6.03. The number of furan rings is 1. The highest BCUT2D eigenvalue weighted by atomic mass is 32.2. The van der Waals surface area contributed by atoms with Gasteiger partial charge in [-0.05, 0) is 67.3 Å². The number of nitro benzene ring substituents is 1. The minimum atomic E-state index is -0.420. The van der Waals surface area contributed by atoms with E-state index >= 15 is 0 Å². The molecule has 2 atom stereocenters. The van der Waals surface area contributed by atoms with Crippen molar-refractivity contribution in [1.82, 2.24) is 4.90 Å². The minimum Gasteiger partial charge on any atom is -0.457 e. The van der Waals surface area contributed by atoms with Crippen LogP contribution in [0.2, 0.25) is 0 Å². The highest BCUT2D eigenvalue weighted by Crippen LogP contribution is 2.40. The number of hydrogen-bond acceptors (Lipinski definition) is 6. The highest BCUT2D eigenvalue weighted by molar-refractivity contribution is 8.18. The maximum Gasteiger partial charge on any atom is 0.270 e. The molecule has 8 heteroatoms. The Bertz CT molecular complexity index is 1360. The zero-order valence-electron chi connectivity index (χ0n) is 20.2. The van der Waals surface area contributed by atoms with Crippen LogP contribution < -0.4 is 0 Å². The number of aryl methyl sites for hydroxylation is 1. The molecule has 2 aromatic carbocycles. The van der Waals surface area contributed by atoms with E-state index in [1.54, 1.807) is 24.3 Å². The van der Waals surface area contributed by atoms with E-state index in [-0.39, 0.29) is 17.6 Å². The van der Waals surface area contributed by atoms with E-state index in [1.165, 1.54) is 30.3 Å². The Morgan fingerprint density at radius 3 is 2.64 bits per heavy atom. The van der Waals surface area contributed by atoms with Crippen LogP contribution in [0, 0.1) is 23.0 Å². The second-order valence-electron chi connectivity index (χ2n) is 9.30. The molecule has 7 nitrogen and oxygen atoms in total. The summed E-state index contributed by atoms with van der Waals surface area (Å²) in [4.78, 5) is 31.7. The van der Waals surface area contributed by atoms with Crippen LogP contribution in [0.5, 0.6) is 0 Å². The summed E-state index contributed by atoms with van der Waals surface area (Å²) in [6.07, 6.45) is 6.10. The molecule has 1 aromatic heterocycles. The minimum absolute atomic E-state index is 0.00689. The largest absolute Gasteiger partial charge is 0.457 e. The zero-order valence-corrected chi connectivity index (χ0v) is 21.0. The summed E-state index contributed by atoms with van der Waals surface area (Å²) in [6, 6.07) is 18.1. The van der Waals surface area contributed by atoms with Crippen molar-refractivity contribution in [2.45, 2.75) is 45.6 Å². The molecule has 0 unspecified atom stereocenters. The average Bonchev–Trinajstić information content (AvgIpc) is 3.45. The maximum atomic E-state index is 13.6. The Kier molecular flexibility index (Phi) is 6.78. The van der Waals surface area contributed by atoms with Crippen molar-refractivity contribution in [1.29, 1.82) is 0 Å². The normalized spacial score (nSPS) is 22.5. The van der Waals surface area contributed by atoms with Crippen LogP contribution in [-0.4, -0.2) is 26.9 Å². The molecule has 184 valence electrons. The fourth-order valence-electron chi connectivity index (χ4n) is 4.84. The summed E-state index contributed by atoms with van der Waals surface area (Å²) in [5, 5.41) is 11.9. The molecule has 2 fully saturated rings. The van der Waals surface area contributed by atoms with Crippen LogP contribution in [0.25, 0.3) is 17.4 Å². The molecule has 5 rings (SSSR count). The molecule has 1 saturated carbocycles. The lowest BCUT2D eigenvalue weighted by Gasteiger charge is -2.35. The second-order valence-corrected chi connectivity index (χ2v) is 10.3. The van der Waals surface area contributed by atoms with Gasteiger partial charge in [0.05, 0.1) is 15.5 Å². The van der Waals surface area contributed by atoms with Gasteiger partial charge in [0.15, 0.2) is 5.17 Å². The molecule has 3 aromatic rings. The zero-order chi connectivity index (χ0) is 25.2. The van der Waals surface area contributed by atoms with Gasteiger partial charge in [0.2, 0.25) is 0 Å². The van der Waals surface area contributed by atoms with Crippen molar-refractivity contribution in [3.05, 3.63) is 87.0 Å². The van der Waals surface area contributed by atoms with Crippen molar-refractivity contribution >= 4 is 40.3 Å². The third-order valence-corrected chi connectivity index (χ3v) is 7.80. The Morgan fingerprint density at radius 1 is 1.11 bits per heavy atom. The van der Waals surface area contributed by atoms with E-state index in [1.807, 2.05) is 42.2 Å². The average molecular weight is 502 g/mol. The monoisotopic (exact) mass is 501 g/mol. The first-order valence-corrected chi connectivity index (χ1v) is 12.9. The van der Waals surface area contributed by atoms with Crippen LogP contribution >= 0.6 is 11.8 Å². The van der Waals surface area contributed by atoms with Gasteiger partial charge in [0.25, 0.3) is 11.6 Å². The summed E-state index contributed by atoms with van der Waals surface area (Å²) in [7, 11) is 0. The molecule has 0 bridgehead atoms. The second kappa shape index (κ2) is 10.1. The van der Waals surface area contributed by atoms with Crippen LogP contribution in [-0.2, 0) is 4.79 Å². The van der Waals surface area contributed by atoms with Crippen molar-refractivity contribution < 1.29 is 14.1 Å². The fraction of sp³-hybridized carbons (Fsp3) is 0.286. The van der Waals surface area contributed by atoms with Gasteiger partial charge in [0, 0.05) is 29.8 Å². The molecule has 2 heterocycles. The lowest BCUT2D eigenvalue weighted by molar-refractivity contribution is -0.384. The Morgan fingerprint density at radius 2 is 1.89 bits per heavy atom. The van der Waals surface area contributed by atoms with Gasteiger partial charge < -0.3 is 4.42 Å². The van der Waals surface area contributed by atoms with Gasteiger partial charge in [0.1, 0.15) is 11.5 Å². The topological polar surface area (TPSA) is 89.0 Å². The van der Waals surface area contributed by atoms with E-state index in [4.69, 9.17) is 9.41 Å². The molecule has 2 aliphatic rings. The number of carbonyl (C=O) groups excluding carboxylic acids is 1. The van der Waals surface area contributed by atoms with Gasteiger partial charge in [-0.1, -0.05) is 44.0 Å². The molecule has 1 saturated heterocycles. The Labute approximate surface area is 214 Å². The van der Waals surface area contributed by atoms with Crippen LogP contribution in [0.4, 0.5) is 11.4 Å². The van der Waals surface area contributed by atoms with Crippen molar-refractivity contribution in [2.75, 3.05) is 0 Å². The number of aliphatic imine (C=N–C) groups is 1. The third-order valence-electron chi connectivity index (χ3n) is 6.81. The summed E-state index contributed by atoms with van der Waals surface area (Å²) in [5.74, 6) is 1.38. The standard InChI is InChI=1S/C28H27N3O4S/c1-18-12-13-21(31(33)34)16-23(18)25-15-14-22(35-25)17-26-27(32)30(24-11-7-6-8-19(24)2)28(36-26)29-20-9-4-3-5-10-20/h3-5,9-10,12-17,19,24H,6-8,11H2,1-2H3/b26-17-,29-28?/t19-,24+/m0/s1. The number of nitro groups is 1. The van der Waals surface area contributed by atoms with E-state index in [9.17, 15) is 14.9 Å². The number of benzene rings is 2. The van der Waals surface area contributed by atoms with Gasteiger partial charge in [-0.3, -0.25) is 19.8 Å². The molecule has 0 N–H and O–H groups in total. The number of hydrogen-bond donors (Lipinski definition) is 0. The lowest BCUT2D eigenvalue weighted by Crippen LogP contribution is -2.44.